The first-order chi connectivity index (χ1) is 16.8. The maximum atomic E-state index is 13.2. The van der Waals surface area contributed by atoms with Crippen LogP contribution in [0.15, 0.2) is 64.2 Å². The van der Waals surface area contributed by atoms with Crippen LogP contribution in [0.25, 0.3) is 0 Å². The Balaban J connectivity index is 1.52. The van der Waals surface area contributed by atoms with Crippen LogP contribution in [0, 0.1) is 10.1 Å². The van der Waals surface area contributed by atoms with E-state index in [9.17, 15) is 24.5 Å². The number of aromatic nitrogens is 2. The van der Waals surface area contributed by atoms with Crippen LogP contribution in [-0.4, -0.2) is 57.5 Å². The highest BCUT2D eigenvalue weighted by Crippen LogP contribution is 2.28. The Morgan fingerprint density at radius 1 is 1.00 bits per heavy atom. The minimum absolute atomic E-state index is 0.0361. The summed E-state index contributed by atoms with van der Waals surface area (Å²) < 4.78 is 2.13. The third kappa shape index (κ3) is 4.85. The van der Waals surface area contributed by atoms with E-state index in [1.165, 1.54) is 17.7 Å². The van der Waals surface area contributed by atoms with Crippen molar-refractivity contribution in [3.05, 3.63) is 96.7 Å². The SMILES string of the molecule is Cn1c(=O)c(C(=O)CN2CCN(c3ccccc3[N+](=O)[O-])CC2)c(N)n(Cc2ccccc2)c1=O. The number of anilines is 2. The molecular formula is C24H26N6O5. The predicted molar refractivity (Wildman–Crippen MR) is 132 cm³/mol. The van der Waals surface area contributed by atoms with Gasteiger partial charge in [0, 0.05) is 39.3 Å². The van der Waals surface area contributed by atoms with Crippen molar-refractivity contribution < 1.29 is 9.72 Å². The van der Waals surface area contributed by atoms with Crippen LogP contribution in [0.1, 0.15) is 15.9 Å². The molecule has 4 rings (SSSR count). The van der Waals surface area contributed by atoms with Crippen LogP contribution in [-0.2, 0) is 13.6 Å². The number of nitrogens with zero attached hydrogens (tertiary/aromatic N) is 5. The van der Waals surface area contributed by atoms with Gasteiger partial charge in [-0.25, -0.2) is 4.79 Å². The van der Waals surface area contributed by atoms with Gasteiger partial charge in [0.2, 0.25) is 0 Å². The largest absolute Gasteiger partial charge is 0.384 e. The number of para-hydroxylation sites is 2. The van der Waals surface area contributed by atoms with Crippen molar-refractivity contribution in [3.63, 3.8) is 0 Å². The average molecular weight is 479 g/mol. The van der Waals surface area contributed by atoms with Gasteiger partial charge in [0.1, 0.15) is 17.1 Å². The Kier molecular flexibility index (Phi) is 6.78. The number of Topliss-reactive ketones (excluding diaryl/α,β-unsaturated/α-hetero) is 1. The molecule has 182 valence electrons. The minimum Gasteiger partial charge on any atom is -0.384 e. The maximum absolute atomic E-state index is 13.2. The normalized spacial score (nSPS) is 14.1. The summed E-state index contributed by atoms with van der Waals surface area (Å²) in [7, 11) is 1.33. The second-order valence-electron chi connectivity index (χ2n) is 8.41. The van der Waals surface area contributed by atoms with Gasteiger partial charge in [0.25, 0.3) is 11.2 Å². The molecule has 0 amide bonds. The molecule has 0 unspecified atom stereocenters. The molecule has 2 heterocycles. The lowest BCUT2D eigenvalue weighted by Crippen LogP contribution is -2.49. The molecule has 0 spiro atoms. The van der Waals surface area contributed by atoms with E-state index in [1.54, 1.807) is 18.2 Å². The van der Waals surface area contributed by atoms with Crippen molar-refractivity contribution in [1.29, 1.82) is 0 Å². The monoisotopic (exact) mass is 478 g/mol. The third-order valence-electron chi connectivity index (χ3n) is 6.20. The van der Waals surface area contributed by atoms with Crippen LogP contribution < -0.4 is 21.9 Å². The molecule has 3 aromatic rings. The van der Waals surface area contributed by atoms with Crippen LogP contribution >= 0.6 is 0 Å². The first kappa shape index (κ1) is 23.9. The molecule has 0 radical (unpaired) electrons. The lowest BCUT2D eigenvalue weighted by molar-refractivity contribution is -0.384. The molecule has 1 aliphatic rings. The van der Waals surface area contributed by atoms with Crippen molar-refractivity contribution in [2.24, 2.45) is 7.05 Å². The highest BCUT2D eigenvalue weighted by atomic mass is 16.6. The Labute approximate surface area is 200 Å². The van der Waals surface area contributed by atoms with Crippen LogP contribution in [0.4, 0.5) is 17.2 Å². The van der Waals surface area contributed by atoms with Crippen LogP contribution in [0.2, 0.25) is 0 Å². The quantitative estimate of drug-likeness (QED) is 0.303. The van der Waals surface area contributed by atoms with Crippen molar-refractivity contribution in [2.75, 3.05) is 43.4 Å². The molecule has 0 saturated carbocycles. The fraction of sp³-hybridized carbons (Fsp3) is 0.292. The summed E-state index contributed by atoms with van der Waals surface area (Å²) in [6.45, 7) is 2.00. The smallest absolute Gasteiger partial charge is 0.332 e. The second kappa shape index (κ2) is 9.94. The standard InChI is InChI=1S/C24H26N6O5/c1-26-23(32)21(22(25)29(24(26)33)15-17-7-3-2-4-8-17)20(31)16-27-11-13-28(14-12-27)18-9-5-6-10-19(18)30(34)35/h2-10H,11-16,25H2,1H3. The number of benzene rings is 2. The maximum Gasteiger partial charge on any atom is 0.332 e. The Morgan fingerprint density at radius 3 is 2.29 bits per heavy atom. The zero-order valence-corrected chi connectivity index (χ0v) is 19.3. The van der Waals surface area contributed by atoms with E-state index in [-0.39, 0.29) is 30.2 Å². The van der Waals surface area contributed by atoms with Gasteiger partial charge in [0.15, 0.2) is 5.78 Å². The molecule has 1 aromatic heterocycles. The van der Waals surface area contributed by atoms with E-state index in [4.69, 9.17) is 5.73 Å². The summed E-state index contributed by atoms with van der Waals surface area (Å²) in [4.78, 5) is 53.4. The topological polar surface area (TPSA) is 137 Å². The fourth-order valence-electron chi connectivity index (χ4n) is 4.28. The van der Waals surface area contributed by atoms with Gasteiger partial charge in [0.05, 0.1) is 18.0 Å². The number of carbonyl (C=O) groups excluding carboxylic acids is 1. The third-order valence-corrected chi connectivity index (χ3v) is 6.20. The molecule has 11 nitrogen and oxygen atoms in total. The number of nitrogen functional groups attached to an aromatic ring is 1. The van der Waals surface area contributed by atoms with E-state index in [0.29, 0.717) is 31.9 Å². The summed E-state index contributed by atoms with van der Waals surface area (Å²) in [5.74, 6) is -0.616. The molecule has 0 atom stereocenters. The zero-order valence-electron chi connectivity index (χ0n) is 19.3. The molecule has 1 saturated heterocycles. The lowest BCUT2D eigenvalue weighted by Gasteiger charge is -2.35. The Hall–Kier alpha value is -4.25. The van der Waals surface area contributed by atoms with Gasteiger partial charge in [-0.3, -0.25) is 33.7 Å². The Bertz CT molecular complexity index is 1370. The summed E-state index contributed by atoms with van der Waals surface area (Å²) in [5, 5.41) is 11.3. The van der Waals surface area contributed by atoms with Crippen molar-refractivity contribution in [1.82, 2.24) is 14.0 Å². The highest BCUT2D eigenvalue weighted by molar-refractivity contribution is 6.01. The number of hydrogen-bond donors (Lipinski definition) is 1. The Morgan fingerprint density at radius 2 is 1.63 bits per heavy atom. The first-order valence-corrected chi connectivity index (χ1v) is 11.1. The van der Waals surface area contributed by atoms with Crippen molar-refractivity contribution >= 4 is 23.0 Å². The summed E-state index contributed by atoms with van der Waals surface area (Å²) in [6, 6.07) is 15.7. The number of nitro groups is 1. The fourth-order valence-corrected chi connectivity index (χ4v) is 4.28. The molecule has 2 aromatic carbocycles. The van der Waals surface area contributed by atoms with E-state index < -0.39 is 22.0 Å². The van der Waals surface area contributed by atoms with Crippen LogP contribution in [0.3, 0.4) is 0 Å². The first-order valence-electron chi connectivity index (χ1n) is 11.1. The van der Waals surface area contributed by atoms with E-state index in [0.717, 1.165) is 10.1 Å². The lowest BCUT2D eigenvalue weighted by atomic mass is 10.1. The molecule has 0 bridgehead atoms. The summed E-state index contributed by atoms with van der Waals surface area (Å²) in [6.07, 6.45) is 0. The second-order valence-corrected chi connectivity index (χ2v) is 8.41. The van der Waals surface area contributed by atoms with E-state index in [2.05, 4.69) is 0 Å². The number of hydrogen-bond acceptors (Lipinski definition) is 8. The van der Waals surface area contributed by atoms with Crippen molar-refractivity contribution in [2.45, 2.75) is 6.54 Å². The summed E-state index contributed by atoms with van der Waals surface area (Å²) >= 11 is 0. The van der Waals surface area contributed by atoms with Gasteiger partial charge in [-0.15, -0.1) is 0 Å². The van der Waals surface area contributed by atoms with E-state index >= 15 is 0 Å². The zero-order chi connectivity index (χ0) is 25.1. The van der Waals surface area contributed by atoms with Gasteiger partial charge < -0.3 is 10.6 Å². The van der Waals surface area contributed by atoms with Crippen LogP contribution in [0.5, 0.6) is 0 Å². The number of nitrogens with two attached hydrogens (primary N) is 1. The highest BCUT2D eigenvalue weighted by Gasteiger charge is 2.27. The summed E-state index contributed by atoms with van der Waals surface area (Å²) in [5.41, 5.74) is 6.05. The van der Waals surface area contributed by atoms with Gasteiger partial charge in [-0.1, -0.05) is 42.5 Å². The van der Waals surface area contributed by atoms with Gasteiger partial charge in [-0.2, -0.15) is 0 Å². The molecule has 11 heteroatoms. The molecule has 1 aliphatic heterocycles. The predicted octanol–water partition coefficient (Wildman–Crippen LogP) is 1.09. The molecule has 2 N–H and O–H groups in total. The van der Waals surface area contributed by atoms with Crippen molar-refractivity contribution in [3.8, 4) is 0 Å². The molecule has 0 aliphatic carbocycles. The minimum atomic E-state index is -0.722. The number of ketones is 1. The molecule has 1 fully saturated rings. The van der Waals surface area contributed by atoms with Gasteiger partial charge >= 0.3 is 5.69 Å². The average Bonchev–Trinajstić information content (AvgIpc) is 2.86. The molecule has 35 heavy (non-hydrogen) atoms. The number of rotatable bonds is 7. The molecular weight excluding hydrogens is 452 g/mol. The van der Waals surface area contributed by atoms with E-state index in [1.807, 2.05) is 40.1 Å². The van der Waals surface area contributed by atoms with Gasteiger partial charge in [-0.05, 0) is 11.6 Å². The number of piperazine rings is 1. The number of nitro benzene ring substituents is 1. The number of carbonyl (C=O) groups is 1.